The van der Waals surface area contributed by atoms with Gasteiger partial charge in [-0.2, -0.15) is 5.10 Å². The fraction of sp³-hybridized carbons (Fsp3) is 0.333. The third kappa shape index (κ3) is 3.31. The second kappa shape index (κ2) is 7.69. The Labute approximate surface area is 175 Å². The number of aryl methyl sites for hydroxylation is 2. The molecule has 0 fully saturated rings. The highest BCUT2D eigenvalue weighted by atomic mass is 19.1. The van der Waals surface area contributed by atoms with Gasteiger partial charge in [0.1, 0.15) is 11.9 Å². The van der Waals surface area contributed by atoms with E-state index in [9.17, 15) is 9.18 Å². The van der Waals surface area contributed by atoms with E-state index in [1.54, 1.807) is 18.2 Å². The molecule has 0 bridgehead atoms. The molecule has 2 heterocycles. The molecule has 30 heavy (non-hydrogen) atoms. The maximum Gasteiger partial charge on any atom is 0.295 e. The van der Waals surface area contributed by atoms with E-state index in [1.165, 1.54) is 44.9 Å². The minimum absolute atomic E-state index is 0.134. The summed E-state index contributed by atoms with van der Waals surface area (Å²) in [4.78, 5) is 13.8. The van der Waals surface area contributed by atoms with E-state index in [0.29, 0.717) is 18.2 Å². The van der Waals surface area contributed by atoms with Crippen molar-refractivity contribution in [2.24, 2.45) is 5.10 Å². The molecule has 0 radical (unpaired) electrons. The Kier molecular flexibility index (Phi) is 4.87. The van der Waals surface area contributed by atoms with Gasteiger partial charge in [0.25, 0.3) is 5.91 Å². The van der Waals surface area contributed by atoms with Crippen LogP contribution in [0.5, 0.6) is 0 Å². The first-order valence-electron chi connectivity index (χ1n) is 10.6. The molecular formula is C24H26FN4O+. The average Bonchev–Trinajstić information content (AvgIpc) is 3.06. The summed E-state index contributed by atoms with van der Waals surface area (Å²) in [5, 5.41) is 5.34. The molecule has 1 amide bonds. The van der Waals surface area contributed by atoms with Crippen molar-refractivity contribution < 1.29 is 14.1 Å². The Morgan fingerprint density at radius 1 is 1.33 bits per heavy atom. The highest BCUT2D eigenvalue weighted by Gasteiger charge is 2.38. The van der Waals surface area contributed by atoms with Gasteiger partial charge in [0, 0.05) is 22.9 Å². The van der Waals surface area contributed by atoms with E-state index in [-0.39, 0.29) is 11.7 Å². The number of hydrogen-bond donors (Lipinski definition) is 2. The predicted molar refractivity (Wildman–Crippen MR) is 115 cm³/mol. The minimum atomic E-state index is -0.352. The van der Waals surface area contributed by atoms with Crippen LogP contribution in [0.3, 0.4) is 0 Å². The number of nitrogens with zero attached hydrogens (tertiary/aromatic N) is 2. The third-order valence-corrected chi connectivity index (χ3v) is 6.45. The van der Waals surface area contributed by atoms with E-state index in [2.05, 4.69) is 40.2 Å². The van der Waals surface area contributed by atoms with Gasteiger partial charge in [0.05, 0.1) is 25.0 Å². The maximum absolute atomic E-state index is 13.7. The number of rotatable bonds is 4. The number of carbonyl (C=O) groups excluding carboxylic acids is 1. The fourth-order valence-electron chi connectivity index (χ4n) is 5.12. The van der Waals surface area contributed by atoms with Gasteiger partial charge < -0.3 is 9.47 Å². The van der Waals surface area contributed by atoms with Crippen LogP contribution in [0, 0.1) is 12.7 Å². The molecule has 2 atom stereocenters. The predicted octanol–water partition coefficient (Wildman–Crippen LogP) is 2.52. The number of amides is 1. The molecule has 6 heteroatoms. The number of hydrazone groups is 1. The van der Waals surface area contributed by atoms with Crippen LogP contribution < -0.4 is 10.3 Å². The van der Waals surface area contributed by atoms with Crippen molar-refractivity contribution >= 4 is 23.0 Å². The molecule has 1 aromatic heterocycles. The van der Waals surface area contributed by atoms with Crippen LogP contribution in [-0.2, 0) is 17.8 Å². The topological polar surface area (TPSA) is 50.8 Å². The molecule has 3 aromatic rings. The van der Waals surface area contributed by atoms with Gasteiger partial charge in [-0.1, -0.05) is 29.8 Å². The van der Waals surface area contributed by atoms with Crippen molar-refractivity contribution in [3.8, 4) is 0 Å². The van der Waals surface area contributed by atoms with Crippen LogP contribution in [0.4, 0.5) is 4.39 Å². The number of hydrogen-bond acceptors (Lipinski definition) is 2. The largest absolute Gasteiger partial charge is 0.334 e. The normalized spacial score (nSPS) is 20.5. The summed E-state index contributed by atoms with van der Waals surface area (Å²) in [5.74, 6) is -0.486. The van der Waals surface area contributed by atoms with Gasteiger partial charge in [0.2, 0.25) is 0 Å². The summed E-state index contributed by atoms with van der Waals surface area (Å²) in [7, 11) is 0. The van der Waals surface area contributed by atoms with Crippen LogP contribution in [0.2, 0.25) is 0 Å². The first-order chi connectivity index (χ1) is 14.6. The van der Waals surface area contributed by atoms with E-state index < -0.39 is 0 Å². The average molecular weight is 405 g/mol. The molecule has 5 rings (SSSR count). The van der Waals surface area contributed by atoms with Gasteiger partial charge in [-0.05, 0) is 43.5 Å². The van der Waals surface area contributed by atoms with Gasteiger partial charge in [0.15, 0.2) is 6.54 Å². The van der Waals surface area contributed by atoms with Crippen LogP contribution in [0.15, 0.2) is 47.6 Å². The summed E-state index contributed by atoms with van der Waals surface area (Å²) >= 11 is 0. The van der Waals surface area contributed by atoms with Crippen LogP contribution in [0.25, 0.3) is 10.9 Å². The van der Waals surface area contributed by atoms with E-state index in [1.807, 2.05) is 0 Å². The molecule has 1 aliphatic carbocycles. The smallest absolute Gasteiger partial charge is 0.295 e. The van der Waals surface area contributed by atoms with Crippen LogP contribution in [0.1, 0.15) is 41.3 Å². The van der Waals surface area contributed by atoms with Crippen LogP contribution >= 0.6 is 0 Å². The Hall–Kier alpha value is -2.99. The molecular weight excluding hydrogens is 379 g/mol. The summed E-state index contributed by atoms with van der Waals surface area (Å²) in [6.45, 7) is 4.36. The number of benzene rings is 2. The molecule has 154 valence electrons. The Morgan fingerprint density at radius 2 is 2.20 bits per heavy atom. The lowest BCUT2D eigenvalue weighted by atomic mass is 9.89. The molecule has 0 saturated carbocycles. The standard InChI is InChI=1S/C24H25FN4O/c1-16-9-10-21-19(13-16)18-6-4-8-22-24(18)29(21)12-11-28(22)15-23(30)27-26-14-17-5-2-3-7-20(17)25/h2-3,5,7,9-10,13-14,22H,4,6,8,11-12,15H2,1H3,(H,27,30)/p+1/b26-14-/t22-/m1/s1. The molecule has 2 aliphatic rings. The van der Waals surface area contributed by atoms with E-state index >= 15 is 0 Å². The molecule has 1 unspecified atom stereocenters. The summed E-state index contributed by atoms with van der Waals surface area (Å²) in [5.41, 5.74) is 8.45. The first kappa shape index (κ1) is 19.0. The highest BCUT2D eigenvalue weighted by molar-refractivity contribution is 5.87. The minimum Gasteiger partial charge on any atom is -0.334 e. The lowest BCUT2D eigenvalue weighted by molar-refractivity contribution is -0.929. The van der Waals surface area contributed by atoms with Crippen molar-refractivity contribution in [2.45, 2.75) is 38.8 Å². The second-order valence-corrected chi connectivity index (χ2v) is 8.38. The number of halogens is 1. The number of aromatic nitrogens is 1. The molecule has 2 aromatic carbocycles. The lowest BCUT2D eigenvalue weighted by Crippen LogP contribution is -3.14. The monoisotopic (exact) mass is 405 g/mol. The Morgan fingerprint density at radius 3 is 3.07 bits per heavy atom. The summed E-state index contributed by atoms with van der Waals surface area (Å²) < 4.78 is 16.1. The van der Waals surface area contributed by atoms with Crippen molar-refractivity contribution in [1.29, 1.82) is 0 Å². The third-order valence-electron chi connectivity index (χ3n) is 6.45. The molecule has 5 nitrogen and oxygen atoms in total. The molecule has 1 aliphatic heterocycles. The quantitative estimate of drug-likeness (QED) is 0.509. The zero-order valence-corrected chi connectivity index (χ0v) is 17.1. The zero-order chi connectivity index (χ0) is 20.7. The number of quaternary nitrogens is 1. The van der Waals surface area contributed by atoms with Crippen molar-refractivity contribution in [3.05, 3.63) is 70.7 Å². The number of carbonyl (C=O) groups is 1. The van der Waals surface area contributed by atoms with Crippen LogP contribution in [-0.4, -0.2) is 29.8 Å². The number of nitrogens with one attached hydrogen (secondary N) is 2. The van der Waals surface area contributed by atoms with E-state index in [4.69, 9.17) is 0 Å². The highest BCUT2D eigenvalue weighted by Crippen LogP contribution is 2.37. The fourth-order valence-corrected chi connectivity index (χ4v) is 5.12. The van der Waals surface area contributed by atoms with Crippen molar-refractivity contribution in [1.82, 2.24) is 9.99 Å². The molecule has 0 saturated heterocycles. The second-order valence-electron chi connectivity index (χ2n) is 8.38. The molecule has 0 spiro atoms. The lowest BCUT2D eigenvalue weighted by Gasteiger charge is -2.36. The molecule has 2 N–H and O–H groups in total. The maximum atomic E-state index is 13.7. The van der Waals surface area contributed by atoms with E-state index in [0.717, 1.165) is 32.4 Å². The summed E-state index contributed by atoms with van der Waals surface area (Å²) in [6, 6.07) is 13.5. The number of fused-ring (bicyclic) bond motifs is 3. The van der Waals surface area contributed by atoms with Crippen molar-refractivity contribution in [3.63, 3.8) is 0 Å². The van der Waals surface area contributed by atoms with Gasteiger partial charge >= 0.3 is 0 Å². The zero-order valence-electron chi connectivity index (χ0n) is 17.1. The SMILES string of the molecule is Cc1ccc2c(c1)c1c3n2CC[NH+](CC(=O)N/N=C\c2ccccc2F)[C@@H]3CCC1. The Balaban J connectivity index is 1.33. The van der Waals surface area contributed by atoms with Crippen molar-refractivity contribution in [2.75, 3.05) is 13.1 Å². The van der Waals surface area contributed by atoms with Gasteiger partial charge in [-0.25, -0.2) is 9.82 Å². The van der Waals surface area contributed by atoms with Gasteiger partial charge in [-0.15, -0.1) is 0 Å². The summed E-state index contributed by atoms with van der Waals surface area (Å²) in [6.07, 6.45) is 4.73. The van der Waals surface area contributed by atoms with Gasteiger partial charge in [-0.3, -0.25) is 4.79 Å². The first-order valence-corrected chi connectivity index (χ1v) is 10.6. The Bertz CT molecular complexity index is 1150.